The second-order valence-corrected chi connectivity index (χ2v) is 18.9. The zero-order valence-electron chi connectivity index (χ0n) is 24.5. The lowest BCUT2D eigenvalue weighted by molar-refractivity contribution is -0.158. The van der Waals surface area contributed by atoms with Gasteiger partial charge in [0.25, 0.3) is 0 Å². The number of allylic oxidation sites excluding steroid dienone is 1. The summed E-state index contributed by atoms with van der Waals surface area (Å²) >= 11 is 0. The maximum absolute atomic E-state index is 11.9. The smallest absolute Gasteiger partial charge is 0.302 e. The molecule has 0 aromatic carbocycles. The maximum Gasteiger partial charge on any atom is 0.302 e. The minimum atomic E-state index is -1.93. The van der Waals surface area contributed by atoms with Crippen LogP contribution in [-0.2, 0) is 23.5 Å². The van der Waals surface area contributed by atoms with Crippen LogP contribution in [0.1, 0.15) is 93.4 Å². The van der Waals surface area contributed by atoms with Crippen LogP contribution in [0.5, 0.6) is 0 Å². The molecule has 0 amide bonds. The van der Waals surface area contributed by atoms with E-state index in [2.05, 4.69) is 54.3 Å². The summed E-state index contributed by atoms with van der Waals surface area (Å²) in [6.07, 6.45) is 7.16. The SMILES string of the molecule is C=C1CCC2[C@H](COC(C)=O)C([C@@]3(C)CC[C@H](OC(C)=O)C[C@@H]3CO[Si](C)(C)C(C)(C)C)CC[C@]12C. The van der Waals surface area contributed by atoms with E-state index in [0.717, 1.165) is 44.9 Å². The van der Waals surface area contributed by atoms with E-state index in [1.54, 1.807) is 0 Å². The number of carbonyl (C=O) groups is 2. The Labute approximate surface area is 221 Å². The Morgan fingerprint density at radius 1 is 1.00 bits per heavy atom. The molecule has 5 nitrogen and oxygen atoms in total. The van der Waals surface area contributed by atoms with Crippen LogP contribution < -0.4 is 0 Å². The lowest BCUT2D eigenvalue weighted by Crippen LogP contribution is -2.53. The molecule has 0 bridgehead atoms. The molecule has 0 N–H and O–H groups in total. The minimum Gasteiger partial charge on any atom is -0.466 e. The summed E-state index contributed by atoms with van der Waals surface area (Å²) in [6.45, 7) is 25.0. The molecule has 0 saturated heterocycles. The van der Waals surface area contributed by atoms with Crippen molar-refractivity contribution in [3.8, 4) is 0 Å². The Morgan fingerprint density at radius 3 is 2.25 bits per heavy atom. The van der Waals surface area contributed by atoms with Crippen LogP contribution in [-0.4, -0.2) is 39.6 Å². The average molecular weight is 521 g/mol. The van der Waals surface area contributed by atoms with E-state index < -0.39 is 8.32 Å². The summed E-state index contributed by atoms with van der Waals surface area (Å²) in [6, 6.07) is 0. The third kappa shape index (κ3) is 5.79. The molecule has 0 aromatic rings. The van der Waals surface area contributed by atoms with Crippen LogP contribution in [0.3, 0.4) is 0 Å². The van der Waals surface area contributed by atoms with Crippen molar-refractivity contribution in [2.75, 3.05) is 13.2 Å². The molecule has 3 saturated carbocycles. The highest BCUT2D eigenvalue weighted by molar-refractivity contribution is 6.74. The third-order valence-electron chi connectivity index (χ3n) is 11.0. The van der Waals surface area contributed by atoms with Gasteiger partial charge in [0.05, 0.1) is 6.61 Å². The van der Waals surface area contributed by atoms with Gasteiger partial charge in [0.1, 0.15) is 6.10 Å². The van der Waals surface area contributed by atoms with Gasteiger partial charge in [-0.1, -0.05) is 46.8 Å². The predicted molar refractivity (Wildman–Crippen MR) is 147 cm³/mol. The molecule has 3 aliphatic rings. The fourth-order valence-corrected chi connectivity index (χ4v) is 8.50. The number of esters is 2. The predicted octanol–water partition coefficient (Wildman–Crippen LogP) is 7.31. The first-order chi connectivity index (χ1) is 16.5. The standard InChI is InChI=1S/C30H52O5Si/c1-20-11-12-26-25(19-33-21(2)31)27(14-16-29(20,26)7)30(8)15-13-24(35-22(3)32)17-23(30)18-34-36(9,10)28(4,5)6/h23-27H,1,11-19H2,2-10H3/t23-,24+,25+,26?,27?,29-,30+/m1/s1. The summed E-state index contributed by atoms with van der Waals surface area (Å²) in [5.74, 6) is 1.15. The second kappa shape index (κ2) is 10.6. The molecular formula is C30H52O5Si. The molecule has 0 aliphatic heterocycles. The van der Waals surface area contributed by atoms with Crippen molar-refractivity contribution in [2.24, 2.45) is 34.5 Å². The topological polar surface area (TPSA) is 61.8 Å². The first-order valence-electron chi connectivity index (χ1n) is 14.1. The van der Waals surface area contributed by atoms with Gasteiger partial charge in [0.2, 0.25) is 0 Å². The number of rotatable bonds is 7. The van der Waals surface area contributed by atoms with Crippen LogP contribution in [0.2, 0.25) is 18.1 Å². The Bertz CT molecular complexity index is 845. The summed E-state index contributed by atoms with van der Waals surface area (Å²) in [5.41, 5.74) is 1.55. The van der Waals surface area contributed by atoms with Crippen molar-refractivity contribution >= 4 is 20.3 Å². The van der Waals surface area contributed by atoms with Gasteiger partial charge in [0.15, 0.2) is 8.32 Å². The molecule has 6 heteroatoms. The first-order valence-corrected chi connectivity index (χ1v) is 17.0. The summed E-state index contributed by atoms with van der Waals surface area (Å²) in [5, 5.41) is 0.141. The Kier molecular flexibility index (Phi) is 8.62. The van der Waals surface area contributed by atoms with Crippen molar-refractivity contribution in [1.29, 1.82) is 0 Å². The summed E-state index contributed by atoms with van der Waals surface area (Å²) in [4.78, 5) is 23.7. The maximum atomic E-state index is 11.9. The molecule has 36 heavy (non-hydrogen) atoms. The molecule has 0 aromatic heterocycles. The lowest BCUT2D eigenvalue weighted by atomic mass is 9.49. The molecule has 3 fully saturated rings. The fraction of sp³-hybridized carbons (Fsp3) is 0.867. The van der Waals surface area contributed by atoms with Gasteiger partial charge in [-0.05, 0) is 91.7 Å². The van der Waals surface area contributed by atoms with Crippen molar-refractivity contribution in [1.82, 2.24) is 0 Å². The molecule has 206 valence electrons. The summed E-state index contributed by atoms with van der Waals surface area (Å²) in [7, 11) is -1.93. The lowest BCUT2D eigenvalue weighted by Gasteiger charge is -2.57. The Morgan fingerprint density at radius 2 is 1.67 bits per heavy atom. The molecule has 7 atom stereocenters. The monoisotopic (exact) mass is 520 g/mol. The number of hydrogen-bond acceptors (Lipinski definition) is 5. The van der Waals surface area contributed by atoms with Gasteiger partial charge in [0, 0.05) is 26.4 Å². The van der Waals surface area contributed by atoms with E-state index in [-0.39, 0.29) is 33.9 Å². The van der Waals surface area contributed by atoms with E-state index in [4.69, 9.17) is 13.9 Å². The van der Waals surface area contributed by atoms with Gasteiger partial charge in [-0.2, -0.15) is 0 Å². The highest BCUT2D eigenvalue weighted by Crippen LogP contribution is 2.63. The van der Waals surface area contributed by atoms with Crippen LogP contribution >= 0.6 is 0 Å². The van der Waals surface area contributed by atoms with Gasteiger partial charge in [-0.15, -0.1) is 0 Å². The number of ether oxygens (including phenoxy) is 2. The molecule has 0 heterocycles. The molecule has 3 rings (SSSR count). The minimum absolute atomic E-state index is 0.0368. The summed E-state index contributed by atoms with van der Waals surface area (Å²) < 4.78 is 18.3. The molecule has 3 aliphatic carbocycles. The molecule has 0 spiro atoms. The van der Waals surface area contributed by atoms with Gasteiger partial charge >= 0.3 is 11.9 Å². The van der Waals surface area contributed by atoms with Gasteiger partial charge < -0.3 is 13.9 Å². The zero-order valence-corrected chi connectivity index (χ0v) is 25.5. The van der Waals surface area contributed by atoms with Crippen LogP contribution in [0.15, 0.2) is 12.2 Å². The van der Waals surface area contributed by atoms with Crippen molar-refractivity contribution in [3.63, 3.8) is 0 Å². The second-order valence-electron chi connectivity index (χ2n) is 14.1. The number of carbonyl (C=O) groups excluding carboxylic acids is 2. The first kappa shape index (κ1) is 29.4. The van der Waals surface area contributed by atoms with E-state index in [0.29, 0.717) is 36.9 Å². The molecule has 0 radical (unpaired) electrons. The van der Waals surface area contributed by atoms with Gasteiger partial charge in [-0.25, -0.2) is 0 Å². The van der Waals surface area contributed by atoms with Crippen LogP contribution in [0.25, 0.3) is 0 Å². The quantitative estimate of drug-likeness (QED) is 0.200. The van der Waals surface area contributed by atoms with Crippen molar-refractivity contribution < 1.29 is 23.5 Å². The highest BCUT2D eigenvalue weighted by atomic mass is 28.4. The third-order valence-corrected chi connectivity index (χ3v) is 15.5. The zero-order chi connectivity index (χ0) is 27.1. The van der Waals surface area contributed by atoms with Crippen LogP contribution in [0, 0.1) is 34.5 Å². The normalized spacial score (nSPS) is 37.4. The van der Waals surface area contributed by atoms with Crippen molar-refractivity contribution in [2.45, 2.75) is 118 Å². The number of hydrogen-bond donors (Lipinski definition) is 0. The molecular weight excluding hydrogens is 468 g/mol. The highest BCUT2D eigenvalue weighted by Gasteiger charge is 2.57. The fourth-order valence-electron chi connectivity index (χ4n) is 7.45. The largest absolute Gasteiger partial charge is 0.466 e. The van der Waals surface area contributed by atoms with E-state index in [1.165, 1.54) is 19.4 Å². The van der Waals surface area contributed by atoms with Gasteiger partial charge in [-0.3, -0.25) is 9.59 Å². The van der Waals surface area contributed by atoms with E-state index >= 15 is 0 Å². The number of fused-ring (bicyclic) bond motifs is 1. The van der Waals surface area contributed by atoms with Crippen molar-refractivity contribution in [3.05, 3.63) is 12.2 Å². The Hall–Kier alpha value is -1.14. The molecule has 2 unspecified atom stereocenters. The van der Waals surface area contributed by atoms with Crippen LogP contribution in [0.4, 0.5) is 0 Å². The van der Waals surface area contributed by atoms with E-state index in [9.17, 15) is 9.59 Å². The Balaban J connectivity index is 1.93. The average Bonchev–Trinajstić information content (AvgIpc) is 3.05. The van der Waals surface area contributed by atoms with E-state index in [1.807, 2.05) is 0 Å².